The Kier molecular flexibility index (Phi) is 8.03. The minimum atomic E-state index is -0.625. The fraction of sp³-hybridized carbons (Fsp3) is 0.758. The second-order valence-electron chi connectivity index (χ2n) is 13.4. The first-order valence-corrected chi connectivity index (χ1v) is 15.3. The van der Waals surface area contributed by atoms with Gasteiger partial charge in [-0.05, 0) is 110 Å². The van der Waals surface area contributed by atoms with Crippen LogP contribution in [0.25, 0.3) is 0 Å². The van der Waals surface area contributed by atoms with Gasteiger partial charge in [0.25, 0.3) is 0 Å². The first kappa shape index (κ1) is 26.8. The molecule has 7 unspecified atom stereocenters. The van der Waals surface area contributed by atoms with Crippen LogP contribution < -0.4 is 5.32 Å². The highest BCUT2D eigenvalue weighted by molar-refractivity contribution is 5.84. The molecule has 0 saturated heterocycles. The van der Waals surface area contributed by atoms with Gasteiger partial charge < -0.3 is 10.1 Å². The third kappa shape index (κ3) is 5.23. The van der Waals surface area contributed by atoms with Gasteiger partial charge in [-0.25, -0.2) is 4.79 Å². The summed E-state index contributed by atoms with van der Waals surface area (Å²) < 4.78 is 4.97. The maximum atomic E-state index is 12.8. The number of amides is 1. The maximum Gasteiger partial charge on any atom is 0.328 e. The molecule has 4 heteroatoms. The van der Waals surface area contributed by atoms with E-state index in [0.29, 0.717) is 23.7 Å². The summed E-state index contributed by atoms with van der Waals surface area (Å²) in [6, 6.07) is 9.20. The van der Waals surface area contributed by atoms with Gasteiger partial charge in [-0.15, -0.1) is 0 Å². The van der Waals surface area contributed by atoms with Crippen LogP contribution in [-0.4, -0.2) is 25.0 Å². The van der Waals surface area contributed by atoms with E-state index < -0.39 is 6.04 Å². The summed E-state index contributed by atoms with van der Waals surface area (Å²) in [5.74, 6) is 4.10. The number of rotatable bonds is 8. The summed E-state index contributed by atoms with van der Waals surface area (Å²) in [5, 5.41) is 2.96. The quantitative estimate of drug-likeness (QED) is 0.382. The molecular formula is C33H49NO3. The first-order valence-electron chi connectivity index (χ1n) is 15.3. The van der Waals surface area contributed by atoms with E-state index in [-0.39, 0.29) is 11.9 Å². The van der Waals surface area contributed by atoms with E-state index in [2.05, 4.69) is 19.2 Å². The van der Waals surface area contributed by atoms with Crippen molar-refractivity contribution < 1.29 is 14.3 Å². The third-order valence-electron chi connectivity index (χ3n) is 11.8. The molecule has 0 aliphatic heterocycles. The monoisotopic (exact) mass is 507 g/mol. The van der Waals surface area contributed by atoms with Crippen molar-refractivity contribution in [3.05, 3.63) is 35.9 Å². The summed E-state index contributed by atoms with van der Waals surface area (Å²) in [7, 11) is 1.39. The highest BCUT2D eigenvalue weighted by Crippen LogP contribution is 2.67. The van der Waals surface area contributed by atoms with E-state index in [1.54, 1.807) is 0 Å². The molecule has 4 nitrogen and oxygen atoms in total. The molecule has 204 valence electrons. The first-order chi connectivity index (χ1) is 17.8. The molecule has 0 aromatic heterocycles. The summed E-state index contributed by atoms with van der Waals surface area (Å²) >= 11 is 0. The fourth-order valence-electron chi connectivity index (χ4n) is 9.84. The maximum absolute atomic E-state index is 12.8. The number of methoxy groups -OCH3 is 1. The molecule has 1 amide bonds. The van der Waals surface area contributed by atoms with Crippen molar-refractivity contribution in [2.24, 2.45) is 40.4 Å². The molecule has 4 aliphatic carbocycles. The Bertz CT molecular complexity index is 946. The average molecular weight is 508 g/mol. The van der Waals surface area contributed by atoms with Gasteiger partial charge in [-0.1, -0.05) is 57.0 Å². The molecular weight excluding hydrogens is 458 g/mol. The third-order valence-corrected chi connectivity index (χ3v) is 11.8. The molecule has 4 fully saturated rings. The van der Waals surface area contributed by atoms with E-state index in [4.69, 9.17) is 4.74 Å². The number of hydrogen-bond acceptors (Lipinski definition) is 3. The smallest absolute Gasteiger partial charge is 0.328 e. The van der Waals surface area contributed by atoms with Crippen LogP contribution in [0.5, 0.6) is 0 Å². The Balaban J connectivity index is 1.14. The van der Waals surface area contributed by atoms with Crippen LogP contribution in [-0.2, 0) is 20.7 Å². The van der Waals surface area contributed by atoms with Gasteiger partial charge >= 0.3 is 5.97 Å². The zero-order valence-electron chi connectivity index (χ0n) is 23.5. The number of ether oxygens (including phenoxy) is 1. The molecule has 0 spiro atoms. The van der Waals surface area contributed by atoms with Crippen LogP contribution in [0.1, 0.15) is 103 Å². The number of hydrogen-bond donors (Lipinski definition) is 1. The van der Waals surface area contributed by atoms with E-state index >= 15 is 0 Å². The normalized spacial score (nSPS) is 37.5. The lowest BCUT2D eigenvalue weighted by molar-refractivity contribution is -0.145. The van der Waals surface area contributed by atoms with Crippen molar-refractivity contribution in [3.63, 3.8) is 0 Å². The molecule has 1 aromatic rings. The molecule has 5 rings (SSSR count). The van der Waals surface area contributed by atoms with Crippen LogP contribution in [0, 0.1) is 40.4 Å². The van der Waals surface area contributed by atoms with E-state index in [1.165, 1.54) is 71.3 Å². The lowest BCUT2D eigenvalue weighted by atomic mass is 9.45. The Morgan fingerprint density at radius 1 is 0.946 bits per heavy atom. The van der Waals surface area contributed by atoms with Gasteiger partial charge in [0.1, 0.15) is 6.04 Å². The van der Waals surface area contributed by atoms with Gasteiger partial charge in [0.2, 0.25) is 5.91 Å². The highest BCUT2D eigenvalue weighted by atomic mass is 16.5. The second kappa shape index (κ2) is 11.1. The van der Waals surface area contributed by atoms with Crippen LogP contribution in [0.15, 0.2) is 30.3 Å². The molecule has 0 heterocycles. The molecule has 1 aromatic carbocycles. The fourth-order valence-corrected chi connectivity index (χ4v) is 9.84. The van der Waals surface area contributed by atoms with E-state index in [1.807, 2.05) is 30.3 Å². The predicted molar refractivity (Wildman–Crippen MR) is 148 cm³/mol. The van der Waals surface area contributed by atoms with Crippen molar-refractivity contribution in [2.45, 2.75) is 110 Å². The van der Waals surface area contributed by atoms with Crippen molar-refractivity contribution in [3.8, 4) is 0 Å². The number of nitrogens with one attached hydrogen (secondary N) is 1. The van der Waals surface area contributed by atoms with Crippen LogP contribution >= 0.6 is 0 Å². The van der Waals surface area contributed by atoms with Crippen LogP contribution in [0.3, 0.4) is 0 Å². The van der Waals surface area contributed by atoms with Crippen molar-refractivity contribution in [1.29, 1.82) is 0 Å². The van der Waals surface area contributed by atoms with Gasteiger partial charge in [0.15, 0.2) is 0 Å². The summed E-state index contributed by atoms with van der Waals surface area (Å²) in [6.07, 6.45) is 17.4. The zero-order valence-corrected chi connectivity index (χ0v) is 23.5. The number of fused-ring (bicyclic) bond motifs is 5. The molecule has 4 aliphatic rings. The SMILES string of the molecule is COC(=O)[C@H](Cc1ccccc1)NC(=O)CCCC1CCC2C3CCC4CCCCC4(C)C3CCC12C. The molecule has 37 heavy (non-hydrogen) atoms. The van der Waals surface area contributed by atoms with Gasteiger partial charge in [0.05, 0.1) is 7.11 Å². The molecule has 1 N–H and O–H groups in total. The number of carbonyl (C=O) groups excluding carboxylic acids is 2. The Morgan fingerprint density at radius 2 is 1.73 bits per heavy atom. The predicted octanol–water partition coefficient (Wildman–Crippen LogP) is 7.11. The second-order valence-corrected chi connectivity index (χ2v) is 13.4. The molecule has 0 radical (unpaired) electrons. The van der Waals surface area contributed by atoms with Gasteiger partial charge in [-0.3, -0.25) is 4.79 Å². The largest absolute Gasteiger partial charge is 0.467 e. The van der Waals surface area contributed by atoms with Crippen molar-refractivity contribution in [2.75, 3.05) is 7.11 Å². The zero-order chi connectivity index (χ0) is 26.0. The molecule has 0 bridgehead atoms. The molecule has 8 atom stereocenters. The number of esters is 1. The van der Waals surface area contributed by atoms with Gasteiger partial charge in [-0.2, -0.15) is 0 Å². The van der Waals surface area contributed by atoms with Crippen LogP contribution in [0.4, 0.5) is 0 Å². The summed E-state index contributed by atoms with van der Waals surface area (Å²) in [4.78, 5) is 25.2. The lowest BCUT2D eigenvalue weighted by Gasteiger charge is -2.60. The average Bonchev–Trinajstić information content (AvgIpc) is 3.24. The standard InChI is InChI=1S/C33H49NO3/c1-32-20-8-7-12-24(32)15-17-26-27-18-16-25(33(27,2)21-19-28(26)32)13-9-14-30(35)34-29(31(36)37-3)22-23-10-5-4-6-11-23/h4-6,10-11,24-29H,7-9,12-22H2,1-3H3,(H,34,35)/t24?,25?,26?,27?,28?,29-,32?,33?/m0/s1. The van der Waals surface area contributed by atoms with E-state index in [0.717, 1.165) is 48.0 Å². The Hall–Kier alpha value is -1.84. The molecule has 4 saturated carbocycles. The van der Waals surface area contributed by atoms with Crippen molar-refractivity contribution >= 4 is 11.9 Å². The minimum Gasteiger partial charge on any atom is -0.467 e. The summed E-state index contributed by atoms with van der Waals surface area (Å²) in [5.41, 5.74) is 2.08. The summed E-state index contributed by atoms with van der Waals surface area (Å²) in [6.45, 7) is 5.27. The van der Waals surface area contributed by atoms with Crippen LogP contribution in [0.2, 0.25) is 0 Å². The van der Waals surface area contributed by atoms with Gasteiger partial charge in [0, 0.05) is 12.8 Å². The Morgan fingerprint density at radius 3 is 2.51 bits per heavy atom. The van der Waals surface area contributed by atoms with E-state index in [9.17, 15) is 9.59 Å². The van der Waals surface area contributed by atoms with Crippen molar-refractivity contribution in [1.82, 2.24) is 5.32 Å². The topological polar surface area (TPSA) is 55.4 Å². The number of benzene rings is 1. The minimum absolute atomic E-state index is 0.0294. The lowest BCUT2D eigenvalue weighted by Crippen LogP contribution is -2.52. The number of carbonyl (C=O) groups is 2. The Labute approximate surface area is 224 Å². The highest BCUT2D eigenvalue weighted by Gasteiger charge is 2.59.